The Hall–Kier alpha value is -3.45. The number of aromatic nitrogens is 1. The van der Waals surface area contributed by atoms with Crippen LogP contribution in [0.2, 0.25) is 0 Å². The monoisotopic (exact) mass is 501 g/mol. The Morgan fingerprint density at radius 3 is 2.62 bits per heavy atom. The van der Waals surface area contributed by atoms with Crippen molar-refractivity contribution in [1.82, 2.24) is 9.88 Å². The molecule has 0 spiro atoms. The van der Waals surface area contributed by atoms with Crippen LogP contribution < -0.4 is 15.5 Å². The lowest BCUT2D eigenvalue weighted by Gasteiger charge is -2.33. The fourth-order valence-corrected chi connectivity index (χ4v) is 5.53. The fourth-order valence-electron chi connectivity index (χ4n) is 5.53. The first-order valence-electron chi connectivity index (χ1n) is 13.1. The maximum atomic E-state index is 13.3. The van der Waals surface area contributed by atoms with E-state index in [1.165, 1.54) is 36.2 Å². The van der Waals surface area contributed by atoms with E-state index in [0.29, 0.717) is 23.8 Å². The molecule has 0 unspecified atom stereocenters. The summed E-state index contributed by atoms with van der Waals surface area (Å²) in [6, 6.07) is 16.1. The molecule has 3 heterocycles. The molecule has 1 amide bonds. The van der Waals surface area contributed by atoms with Gasteiger partial charge in [-0.3, -0.25) is 4.79 Å². The number of nitrogens with one attached hydrogen (secondary N) is 2. The summed E-state index contributed by atoms with van der Waals surface area (Å²) in [6.07, 6.45) is 4.12. The third-order valence-corrected chi connectivity index (χ3v) is 7.65. The molecule has 0 aliphatic carbocycles. The van der Waals surface area contributed by atoms with Gasteiger partial charge in [-0.1, -0.05) is 32.0 Å². The standard InChI is InChI=1S/C30H36FN5O/c1-30(2)20-36(19-22-12-15-35(3)16-13-22)27-17-24(10-11-26(27)30)34-29(37)25-5-4-14-32-28(25)33-18-21-6-8-23(31)9-7-21/h4-11,14,17,22H,12-13,15-16,18-20H2,1-3H3,(H,32,33)(H,34,37). The maximum Gasteiger partial charge on any atom is 0.259 e. The summed E-state index contributed by atoms with van der Waals surface area (Å²) in [6.45, 7) is 9.41. The summed E-state index contributed by atoms with van der Waals surface area (Å²) < 4.78 is 13.2. The summed E-state index contributed by atoms with van der Waals surface area (Å²) in [5.74, 6) is 0.704. The summed E-state index contributed by atoms with van der Waals surface area (Å²) in [5.41, 5.74) is 4.79. The van der Waals surface area contributed by atoms with Crippen LogP contribution in [0.1, 0.15) is 48.2 Å². The molecular formula is C30H36FN5O. The van der Waals surface area contributed by atoms with E-state index in [1.54, 1.807) is 30.5 Å². The number of amides is 1. The first-order chi connectivity index (χ1) is 17.8. The van der Waals surface area contributed by atoms with Gasteiger partial charge in [0.1, 0.15) is 11.6 Å². The summed E-state index contributed by atoms with van der Waals surface area (Å²) in [5, 5.41) is 6.31. The number of benzene rings is 2. The van der Waals surface area contributed by atoms with Crippen molar-refractivity contribution in [2.24, 2.45) is 5.92 Å². The van der Waals surface area contributed by atoms with Crippen LogP contribution in [0.15, 0.2) is 60.8 Å². The van der Waals surface area contributed by atoms with Gasteiger partial charge in [-0.25, -0.2) is 9.37 Å². The molecule has 6 nitrogen and oxygen atoms in total. The topological polar surface area (TPSA) is 60.5 Å². The average molecular weight is 502 g/mol. The number of rotatable bonds is 7. The molecule has 1 saturated heterocycles. The van der Waals surface area contributed by atoms with Crippen LogP contribution in [-0.2, 0) is 12.0 Å². The van der Waals surface area contributed by atoms with E-state index >= 15 is 0 Å². The molecular weight excluding hydrogens is 465 g/mol. The molecule has 194 valence electrons. The van der Waals surface area contributed by atoms with E-state index in [1.807, 2.05) is 6.07 Å². The Morgan fingerprint density at radius 2 is 1.86 bits per heavy atom. The second-order valence-corrected chi connectivity index (χ2v) is 11.1. The van der Waals surface area contributed by atoms with E-state index < -0.39 is 0 Å². The van der Waals surface area contributed by atoms with Crippen molar-refractivity contribution in [2.75, 3.05) is 48.8 Å². The minimum atomic E-state index is -0.274. The molecule has 0 atom stereocenters. The number of likely N-dealkylation sites (tertiary alicyclic amines) is 1. The largest absolute Gasteiger partial charge is 0.370 e. The molecule has 2 aliphatic heterocycles. The van der Waals surface area contributed by atoms with Crippen molar-refractivity contribution in [3.8, 4) is 0 Å². The number of hydrogen-bond donors (Lipinski definition) is 2. The number of pyridine rings is 1. The van der Waals surface area contributed by atoms with Crippen molar-refractivity contribution >= 4 is 23.1 Å². The van der Waals surface area contributed by atoms with E-state index in [9.17, 15) is 9.18 Å². The van der Waals surface area contributed by atoms with Gasteiger partial charge in [0.25, 0.3) is 5.91 Å². The molecule has 1 aromatic heterocycles. The predicted octanol–water partition coefficient (Wildman–Crippen LogP) is 5.52. The Morgan fingerprint density at radius 1 is 1.11 bits per heavy atom. The van der Waals surface area contributed by atoms with Crippen LogP contribution in [0, 0.1) is 11.7 Å². The van der Waals surface area contributed by atoms with E-state index in [4.69, 9.17) is 0 Å². The van der Waals surface area contributed by atoms with Crippen LogP contribution in [0.25, 0.3) is 0 Å². The highest BCUT2D eigenvalue weighted by atomic mass is 19.1. The fraction of sp³-hybridized carbons (Fsp3) is 0.400. The highest BCUT2D eigenvalue weighted by Crippen LogP contribution is 2.42. The smallest absolute Gasteiger partial charge is 0.259 e. The SMILES string of the molecule is CN1CCC(CN2CC(C)(C)c3ccc(NC(=O)c4cccnc4NCc4ccc(F)cc4)cc32)CC1. The normalized spacial score (nSPS) is 17.5. The molecule has 0 bridgehead atoms. The van der Waals surface area contributed by atoms with Crippen LogP contribution in [0.3, 0.4) is 0 Å². The van der Waals surface area contributed by atoms with Gasteiger partial charge < -0.3 is 20.4 Å². The number of fused-ring (bicyclic) bond motifs is 1. The zero-order valence-corrected chi connectivity index (χ0v) is 21.9. The second kappa shape index (κ2) is 10.5. The van der Waals surface area contributed by atoms with Gasteiger partial charge in [0.2, 0.25) is 0 Å². The lowest BCUT2D eigenvalue weighted by molar-refractivity contribution is 0.102. The summed E-state index contributed by atoms with van der Waals surface area (Å²) in [4.78, 5) is 22.6. The van der Waals surface area contributed by atoms with Gasteiger partial charge in [-0.2, -0.15) is 0 Å². The molecule has 2 N–H and O–H groups in total. The van der Waals surface area contributed by atoms with Gasteiger partial charge in [0.15, 0.2) is 0 Å². The third kappa shape index (κ3) is 5.77. The lowest BCUT2D eigenvalue weighted by atomic mass is 9.87. The zero-order valence-electron chi connectivity index (χ0n) is 21.9. The first-order valence-corrected chi connectivity index (χ1v) is 13.1. The van der Waals surface area contributed by atoms with Gasteiger partial charge in [-0.15, -0.1) is 0 Å². The number of hydrogen-bond acceptors (Lipinski definition) is 5. The number of carbonyl (C=O) groups excluding carboxylic acids is 1. The second-order valence-electron chi connectivity index (χ2n) is 11.1. The van der Waals surface area contributed by atoms with Crippen LogP contribution in [-0.4, -0.2) is 49.0 Å². The maximum absolute atomic E-state index is 13.3. The number of halogens is 1. The number of nitrogens with zero attached hydrogens (tertiary/aromatic N) is 3. The first kappa shape index (κ1) is 25.2. The van der Waals surface area contributed by atoms with Crippen molar-refractivity contribution in [3.63, 3.8) is 0 Å². The average Bonchev–Trinajstić information content (AvgIpc) is 3.14. The molecule has 2 aliphatic rings. The molecule has 0 saturated carbocycles. The Kier molecular flexibility index (Phi) is 7.15. The Bertz CT molecular complexity index is 1250. The number of carbonyl (C=O) groups is 1. The van der Waals surface area contributed by atoms with Gasteiger partial charge >= 0.3 is 0 Å². The van der Waals surface area contributed by atoms with Gasteiger partial charge in [-0.05, 0) is 86.4 Å². The van der Waals surface area contributed by atoms with Crippen LogP contribution >= 0.6 is 0 Å². The lowest BCUT2D eigenvalue weighted by Crippen LogP contribution is -2.38. The van der Waals surface area contributed by atoms with Crippen molar-refractivity contribution in [3.05, 3.63) is 83.3 Å². The summed E-state index contributed by atoms with van der Waals surface area (Å²) >= 11 is 0. The van der Waals surface area contributed by atoms with E-state index in [-0.39, 0.29) is 17.1 Å². The Labute approximate surface area is 218 Å². The van der Waals surface area contributed by atoms with Crippen molar-refractivity contribution in [1.29, 1.82) is 0 Å². The third-order valence-electron chi connectivity index (χ3n) is 7.65. The molecule has 1 fully saturated rings. The minimum Gasteiger partial charge on any atom is -0.370 e. The van der Waals surface area contributed by atoms with Gasteiger partial charge in [0.05, 0.1) is 5.56 Å². The summed E-state index contributed by atoms with van der Waals surface area (Å²) in [7, 11) is 2.20. The molecule has 0 radical (unpaired) electrons. The minimum absolute atomic E-state index is 0.0735. The molecule has 37 heavy (non-hydrogen) atoms. The van der Waals surface area contributed by atoms with Crippen molar-refractivity contribution in [2.45, 2.75) is 38.6 Å². The van der Waals surface area contributed by atoms with Crippen LogP contribution in [0.5, 0.6) is 0 Å². The van der Waals surface area contributed by atoms with E-state index in [0.717, 1.165) is 37.4 Å². The zero-order chi connectivity index (χ0) is 26.0. The number of piperidine rings is 1. The highest BCUT2D eigenvalue weighted by molar-refractivity contribution is 6.07. The Balaban J connectivity index is 1.30. The quantitative estimate of drug-likeness (QED) is 0.446. The molecule has 3 aromatic rings. The molecule has 7 heteroatoms. The molecule has 2 aromatic carbocycles. The predicted molar refractivity (Wildman–Crippen MR) is 148 cm³/mol. The van der Waals surface area contributed by atoms with E-state index in [2.05, 4.69) is 58.4 Å². The highest BCUT2D eigenvalue weighted by Gasteiger charge is 2.36. The number of anilines is 3. The molecule has 5 rings (SSSR count). The van der Waals surface area contributed by atoms with Gasteiger partial charge in [0, 0.05) is 42.6 Å². The van der Waals surface area contributed by atoms with Crippen LogP contribution in [0.4, 0.5) is 21.6 Å². The van der Waals surface area contributed by atoms with Crippen molar-refractivity contribution < 1.29 is 9.18 Å².